The highest BCUT2D eigenvalue weighted by Gasteiger charge is 2.06. The minimum absolute atomic E-state index is 0.743. The van der Waals surface area contributed by atoms with Crippen molar-refractivity contribution in [3.05, 3.63) is 32.6 Å². The zero-order valence-corrected chi connectivity index (χ0v) is 11.4. The van der Waals surface area contributed by atoms with Crippen LogP contribution in [0.4, 0.5) is 5.82 Å². The van der Waals surface area contributed by atoms with Gasteiger partial charge in [0.2, 0.25) is 0 Å². The highest BCUT2D eigenvalue weighted by molar-refractivity contribution is 9.10. The van der Waals surface area contributed by atoms with Crippen LogP contribution in [0, 0.1) is 13.8 Å². The second kappa shape index (κ2) is 4.88. The number of nitrogens with zero attached hydrogens (tertiary/aromatic N) is 3. The first kappa shape index (κ1) is 11.5. The van der Waals surface area contributed by atoms with Gasteiger partial charge in [-0.2, -0.15) is 0 Å². The number of hydrogen-bond donors (Lipinski definition) is 1. The molecule has 4 nitrogen and oxygen atoms in total. The molecule has 16 heavy (non-hydrogen) atoms. The van der Waals surface area contributed by atoms with Gasteiger partial charge in [0, 0.05) is 11.1 Å². The van der Waals surface area contributed by atoms with Gasteiger partial charge in [-0.25, -0.2) is 15.0 Å². The molecule has 2 heterocycles. The van der Waals surface area contributed by atoms with Crippen molar-refractivity contribution in [2.45, 2.75) is 20.4 Å². The van der Waals surface area contributed by atoms with Crippen molar-refractivity contribution in [1.82, 2.24) is 15.0 Å². The van der Waals surface area contributed by atoms with Crippen LogP contribution in [-0.2, 0) is 6.54 Å². The molecule has 0 saturated carbocycles. The Morgan fingerprint density at radius 1 is 1.44 bits per heavy atom. The molecule has 0 bridgehead atoms. The molecule has 2 rings (SSSR count). The highest BCUT2D eigenvalue weighted by Crippen LogP contribution is 2.21. The van der Waals surface area contributed by atoms with Gasteiger partial charge in [0.05, 0.1) is 21.7 Å². The highest BCUT2D eigenvalue weighted by atomic mass is 79.9. The molecular formula is C10H11BrN4S. The molecule has 0 saturated heterocycles. The van der Waals surface area contributed by atoms with E-state index in [1.807, 2.05) is 13.8 Å². The Balaban J connectivity index is 2.08. The zero-order valence-electron chi connectivity index (χ0n) is 8.99. The molecule has 0 aliphatic carbocycles. The second-order valence-corrected chi connectivity index (χ2v) is 5.46. The first-order valence-corrected chi connectivity index (χ1v) is 6.40. The van der Waals surface area contributed by atoms with E-state index in [1.165, 1.54) is 11.2 Å². The topological polar surface area (TPSA) is 50.7 Å². The van der Waals surface area contributed by atoms with Crippen molar-refractivity contribution < 1.29 is 0 Å². The summed E-state index contributed by atoms with van der Waals surface area (Å²) >= 11 is 5.10. The number of rotatable bonds is 3. The van der Waals surface area contributed by atoms with E-state index in [1.54, 1.807) is 17.5 Å². The first-order chi connectivity index (χ1) is 7.66. The fourth-order valence-electron chi connectivity index (χ4n) is 1.34. The standard InChI is InChI=1S/C10H11BrN4S/c1-6-9(16-7(2)15-6)4-13-10-8(11)3-12-5-14-10/h3,5H,4H2,1-2H3,(H,12,13,14). The monoisotopic (exact) mass is 298 g/mol. The molecular weight excluding hydrogens is 288 g/mol. The maximum Gasteiger partial charge on any atom is 0.144 e. The number of aromatic nitrogens is 3. The van der Waals surface area contributed by atoms with Crippen LogP contribution in [0.15, 0.2) is 17.0 Å². The largest absolute Gasteiger partial charge is 0.364 e. The second-order valence-electron chi connectivity index (χ2n) is 3.31. The number of anilines is 1. The lowest BCUT2D eigenvalue weighted by atomic mass is 10.4. The SMILES string of the molecule is Cc1nc(C)c(CNc2ncncc2Br)s1. The minimum Gasteiger partial charge on any atom is -0.364 e. The van der Waals surface area contributed by atoms with Crippen LogP contribution >= 0.6 is 27.3 Å². The Morgan fingerprint density at radius 3 is 2.88 bits per heavy atom. The quantitative estimate of drug-likeness (QED) is 0.946. The van der Waals surface area contributed by atoms with Crippen LogP contribution in [-0.4, -0.2) is 15.0 Å². The van der Waals surface area contributed by atoms with E-state index in [0.29, 0.717) is 0 Å². The molecule has 0 spiro atoms. The summed E-state index contributed by atoms with van der Waals surface area (Å²) in [5, 5.41) is 4.35. The third-order valence-corrected chi connectivity index (χ3v) is 3.74. The molecule has 84 valence electrons. The van der Waals surface area contributed by atoms with Gasteiger partial charge in [-0.05, 0) is 29.8 Å². The van der Waals surface area contributed by atoms with Crippen molar-refractivity contribution in [3.63, 3.8) is 0 Å². The summed E-state index contributed by atoms with van der Waals surface area (Å²) in [4.78, 5) is 13.7. The number of aryl methyl sites for hydroxylation is 2. The first-order valence-electron chi connectivity index (χ1n) is 4.79. The van der Waals surface area contributed by atoms with Crippen LogP contribution in [0.1, 0.15) is 15.6 Å². The summed E-state index contributed by atoms with van der Waals surface area (Å²) < 4.78 is 0.869. The van der Waals surface area contributed by atoms with E-state index in [2.05, 4.69) is 36.2 Å². The Hall–Kier alpha value is -1.01. The fraction of sp³-hybridized carbons (Fsp3) is 0.300. The van der Waals surface area contributed by atoms with Crippen LogP contribution in [0.25, 0.3) is 0 Å². The summed E-state index contributed by atoms with van der Waals surface area (Å²) in [6.07, 6.45) is 3.25. The van der Waals surface area contributed by atoms with Crippen LogP contribution < -0.4 is 5.32 Å². The molecule has 0 aliphatic rings. The van der Waals surface area contributed by atoms with E-state index < -0.39 is 0 Å². The van der Waals surface area contributed by atoms with Gasteiger partial charge in [-0.3, -0.25) is 0 Å². The minimum atomic E-state index is 0.743. The van der Waals surface area contributed by atoms with Crippen molar-refractivity contribution in [1.29, 1.82) is 0 Å². The third kappa shape index (κ3) is 2.56. The molecule has 0 amide bonds. The van der Waals surface area contributed by atoms with E-state index in [0.717, 1.165) is 27.5 Å². The van der Waals surface area contributed by atoms with E-state index in [-0.39, 0.29) is 0 Å². The molecule has 0 atom stereocenters. The molecule has 0 aromatic carbocycles. The molecule has 1 N–H and O–H groups in total. The predicted molar refractivity (Wildman–Crippen MR) is 68.6 cm³/mol. The van der Waals surface area contributed by atoms with Crippen molar-refractivity contribution in [2.75, 3.05) is 5.32 Å². The summed E-state index contributed by atoms with van der Waals surface area (Å²) in [5.41, 5.74) is 1.08. The van der Waals surface area contributed by atoms with Gasteiger partial charge in [0.15, 0.2) is 0 Å². The average Bonchev–Trinajstić information content (AvgIpc) is 2.56. The van der Waals surface area contributed by atoms with E-state index in [9.17, 15) is 0 Å². The zero-order chi connectivity index (χ0) is 11.5. The molecule has 6 heteroatoms. The summed E-state index contributed by atoms with van der Waals surface area (Å²) in [5.74, 6) is 0.806. The molecule has 0 aliphatic heterocycles. The molecule has 0 fully saturated rings. The lowest BCUT2D eigenvalue weighted by Crippen LogP contribution is -2.02. The van der Waals surface area contributed by atoms with Crippen LogP contribution in [0.5, 0.6) is 0 Å². The van der Waals surface area contributed by atoms with Gasteiger partial charge in [-0.1, -0.05) is 0 Å². The van der Waals surface area contributed by atoms with Crippen molar-refractivity contribution in [2.24, 2.45) is 0 Å². The van der Waals surface area contributed by atoms with Gasteiger partial charge in [0.25, 0.3) is 0 Å². The normalized spacial score (nSPS) is 10.4. The molecule has 0 unspecified atom stereocenters. The fourth-order valence-corrected chi connectivity index (χ4v) is 2.58. The van der Waals surface area contributed by atoms with Gasteiger partial charge < -0.3 is 5.32 Å². The smallest absolute Gasteiger partial charge is 0.144 e. The Kier molecular flexibility index (Phi) is 3.50. The number of nitrogens with one attached hydrogen (secondary N) is 1. The lowest BCUT2D eigenvalue weighted by Gasteiger charge is -2.05. The maximum atomic E-state index is 4.38. The van der Waals surface area contributed by atoms with Crippen LogP contribution in [0.3, 0.4) is 0 Å². The number of halogens is 1. The molecule has 2 aromatic rings. The Labute approximate surface area is 106 Å². The van der Waals surface area contributed by atoms with E-state index in [4.69, 9.17) is 0 Å². The summed E-state index contributed by atoms with van der Waals surface area (Å²) in [7, 11) is 0. The van der Waals surface area contributed by atoms with Crippen LogP contribution in [0.2, 0.25) is 0 Å². The predicted octanol–water partition coefficient (Wildman–Crippen LogP) is 2.92. The maximum absolute atomic E-state index is 4.38. The molecule has 2 aromatic heterocycles. The number of hydrogen-bond acceptors (Lipinski definition) is 5. The van der Waals surface area contributed by atoms with Gasteiger partial charge in [0.1, 0.15) is 12.1 Å². The van der Waals surface area contributed by atoms with E-state index >= 15 is 0 Å². The Morgan fingerprint density at radius 2 is 2.25 bits per heavy atom. The average molecular weight is 299 g/mol. The summed E-state index contributed by atoms with van der Waals surface area (Å²) in [6.45, 7) is 4.78. The van der Waals surface area contributed by atoms with Gasteiger partial charge >= 0.3 is 0 Å². The number of thiazole rings is 1. The third-order valence-electron chi connectivity index (χ3n) is 2.08. The summed E-state index contributed by atoms with van der Waals surface area (Å²) in [6, 6.07) is 0. The lowest BCUT2D eigenvalue weighted by molar-refractivity contribution is 1.06. The Bertz CT molecular complexity index is 497. The van der Waals surface area contributed by atoms with Crippen molar-refractivity contribution in [3.8, 4) is 0 Å². The molecule has 0 radical (unpaired) electrons. The van der Waals surface area contributed by atoms with Crippen molar-refractivity contribution >= 4 is 33.1 Å². The van der Waals surface area contributed by atoms with Gasteiger partial charge in [-0.15, -0.1) is 11.3 Å².